The van der Waals surface area contributed by atoms with Gasteiger partial charge in [0.2, 0.25) is 5.91 Å². The molecule has 0 aliphatic rings. The van der Waals surface area contributed by atoms with Crippen LogP contribution in [0.1, 0.15) is 19.2 Å². The lowest BCUT2D eigenvalue weighted by Gasteiger charge is -2.20. The fourth-order valence-electron chi connectivity index (χ4n) is 3.66. The van der Waals surface area contributed by atoms with Crippen LogP contribution in [0.4, 0.5) is 18.9 Å². The van der Waals surface area contributed by atoms with Crippen molar-refractivity contribution in [3.05, 3.63) is 81.5 Å². The summed E-state index contributed by atoms with van der Waals surface area (Å²) in [4.78, 5) is 35.0. The zero-order valence-corrected chi connectivity index (χ0v) is 19.0. The first-order chi connectivity index (χ1) is 16.4. The first-order valence-corrected chi connectivity index (χ1v) is 11.5. The number of hydrogen-bond donors (Lipinski definition) is 2. The van der Waals surface area contributed by atoms with E-state index >= 15 is 0 Å². The largest absolute Gasteiger partial charge is 0.322 e. The van der Waals surface area contributed by atoms with E-state index in [9.17, 15) is 22.8 Å². The van der Waals surface area contributed by atoms with Gasteiger partial charge in [-0.3, -0.25) is 14.5 Å². The van der Waals surface area contributed by atoms with Gasteiger partial charge in [-0.1, -0.05) is 37.3 Å². The molecule has 2 N–H and O–H groups in total. The van der Waals surface area contributed by atoms with Crippen molar-refractivity contribution in [3.8, 4) is 11.1 Å². The molecule has 2 aromatic heterocycles. The highest BCUT2D eigenvalue weighted by atomic mass is 32.1. The van der Waals surface area contributed by atoms with E-state index in [0.29, 0.717) is 29.0 Å². The number of amides is 1. The number of rotatable bonds is 8. The maximum atomic E-state index is 13.9. The van der Waals surface area contributed by atoms with Crippen LogP contribution in [0.3, 0.4) is 0 Å². The van der Waals surface area contributed by atoms with E-state index < -0.39 is 29.0 Å². The Morgan fingerprint density at radius 3 is 2.62 bits per heavy atom. The molecular formula is C24H21F3N4O2S. The van der Waals surface area contributed by atoms with Gasteiger partial charge >= 0.3 is 0 Å². The Labute approximate surface area is 197 Å². The van der Waals surface area contributed by atoms with Crippen molar-refractivity contribution in [2.45, 2.75) is 19.9 Å². The number of thiophene rings is 1. The molecule has 4 aromatic rings. The Bertz CT molecular complexity index is 1390. The molecule has 6 nitrogen and oxygen atoms in total. The van der Waals surface area contributed by atoms with Crippen LogP contribution < -0.4 is 10.9 Å². The number of fused-ring (bicyclic) bond motifs is 1. The molecular weight excluding hydrogens is 465 g/mol. The highest BCUT2D eigenvalue weighted by molar-refractivity contribution is 7.17. The molecule has 2 heterocycles. The average Bonchev–Trinajstić information content (AvgIpc) is 3.25. The number of H-pyrrole nitrogens is 1. The summed E-state index contributed by atoms with van der Waals surface area (Å²) >= 11 is 1.36. The van der Waals surface area contributed by atoms with Crippen LogP contribution in [-0.2, 0) is 11.3 Å². The fraction of sp³-hybridized carbons (Fsp3) is 0.208. The summed E-state index contributed by atoms with van der Waals surface area (Å²) in [6.07, 6.45) is 0.705. The fourth-order valence-corrected chi connectivity index (χ4v) is 4.62. The lowest BCUT2D eigenvalue weighted by molar-refractivity contribution is -0.117. The van der Waals surface area contributed by atoms with Crippen molar-refractivity contribution in [2.75, 3.05) is 18.4 Å². The van der Waals surface area contributed by atoms with Crippen molar-refractivity contribution < 1.29 is 18.0 Å². The summed E-state index contributed by atoms with van der Waals surface area (Å²) in [5.74, 6) is -4.66. The maximum Gasteiger partial charge on any atom is 0.260 e. The number of carbonyl (C=O) groups is 1. The monoisotopic (exact) mass is 486 g/mol. The second-order valence-corrected chi connectivity index (χ2v) is 8.55. The standard InChI is InChI=1S/C24H21F3N4O2S/c1-2-10-31(12-19(32)28-17-9-8-16(25)21(26)22(17)27)11-18-29-23(33)20-15(13-34-24(20)30-18)14-6-4-3-5-7-14/h3-9,13H,2,10-12H2,1H3,(H,28,32)(H,29,30,33). The Morgan fingerprint density at radius 2 is 1.88 bits per heavy atom. The van der Waals surface area contributed by atoms with Gasteiger partial charge in [0.15, 0.2) is 17.5 Å². The van der Waals surface area contributed by atoms with Crippen LogP contribution in [0.2, 0.25) is 0 Å². The number of nitrogens with one attached hydrogen (secondary N) is 2. The quantitative estimate of drug-likeness (QED) is 0.347. The minimum absolute atomic E-state index is 0.159. The van der Waals surface area contributed by atoms with Gasteiger partial charge in [-0.25, -0.2) is 18.2 Å². The molecule has 2 aromatic carbocycles. The molecule has 0 atom stereocenters. The van der Waals surface area contributed by atoms with Gasteiger partial charge in [0, 0.05) is 10.9 Å². The van der Waals surface area contributed by atoms with E-state index in [1.165, 1.54) is 11.3 Å². The first-order valence-electron chi connectivity index (χ1n) is 10.6. The first kappa shape index (κ1) is 23.7. The summed E-state index contributed by atoms with van der Waals surface area (Å²) in [6, 6.07) is 11.2. The Balaban J connectivity index is 1.52. The maximum absolute atomic E-state index is 13.9. The van der Waals surface area contributed by atoms with Gasteiger partial charge in [0.05, 0.1) is 24.2 Å². The van der Waals surface area contributed by atoms with E-state index in [4.69, 9.17) is 0 Å². The van der Waals surface area contributed by atoms with Crippen LogP contribution in [-0.4, -0.2) is 33.9 Å². The zero-order valence-electron chi connectivity index (χ0n) is 18.2. The number of benzene rings is 2. The molecule has 0 aliphatic heterocycles. The molecule has 176 valence electrons. The number of halogens is 3. The molecule has 0 fully saturated rings. The number of nitrogens with zero attached hydrogens (tertiary/aromatic N) is 2. The van der Waals surface area contributed by atoms with Crippen molar-refractivity contribution in [3.63, 3.8) is 0 Å². The third-order valence-electron chi connectivity index (χ3n) is 5.17. The van der Waals surface area contributed by atoms with Gasteiger partial charge in [-0.15, -0.1) is 11.3 Å². The number of aromatic nitrogens is 2. The van der Waals surface area contributed by atoms with Gasteiger partial charge in [-0.05, 0) is 30.7 Å². The SMILES string of the molecule is CCCN(CC(=O)Nc1ccc(F)c(F)c1F)Cc1nc2scc(-c3ccccc3)c2c(=O)[nH]1. The topological polar surface area (TPSA) is 78.1 Å². The molecule has 0 unspecified atom stereocenters. The third-order valence-corrected chi connectivity index (χ3v) is 6.04. The van der Waals surface area contributed by atoms with Crippen LogP contribution in [0.25, 0.3) is 21.3 Å². The lowest BCUT2D eigenvalue weighted by Crippen LogP contribution is -2.34. The van der Waals surface area contributed by atoms with Crippen molar-refractivity contribution >= 4 is 33.1 Å². The minimum Gasteiger partial charge on any atom is -0.322 e. The van der Waals surface area contributed by atoms with Gasteiger partial charge < -0.3 is 10.3 Å². The molecule has 34 heavy (non-hydrogen) atoms. The highest BCUT2D eigenvalue weighted by Crippen LogP contribution is 2.30. The van der Waals surface area contributed by atoms with E-state index in [1.54, 1.807) is 4.90 Å². The molecule has 10 heteroatoms. The predicted octanol–water partition coefficient (Wildman–Crippen LogP) is 4.92. The molecule has 0 radical (unpaired) electrons. The van der Waals surface area contributed by atoms with Crippen molar-refractivity contribution in [1.82, 2.24) is 14.9 Å². The average molecular weight is 487 g/mol. The normalized spacial score (nSPS) is 11.3. The summed E-state index contributed by atoms with van der Waals surface area (Å²) in [5, 5.41) is 4.66. The van der Waals surface area contributed by atoms with Crippen LogP contribution in [0, 0.1) is 17.5 Å². The summed E-state index contributed by atoms with van der Waals surface area (Å²) in [6.45, 7) is 2.43. The number of carbonyl (C=O) groups excluding carboxylic acids is 1. The van der Waals surface area contributed by atoms with Crippen molar-refractivity contribution in [2.24, 2.45) is 0 Å². The smallest absolute Gasteiger partial charge is 0.260 e. The molecule has 0 saturated carbocycles. The second kappa shape index (κ2) is 10.2. The third kappa shape index (κ3) is 5.02. The molecule has 0 bridgehead atoms. The van der Waals surface area contributed by atoms with E-state index in [0.717, 1.165) is 23.3 Å². The number of aromatic amines is 1. The Kier molecular flexibility index (Phi) is 7.09. The van der Waals surface area contributed by atoms with Crippen LogP contribution in [0.5, 0.6) is 0 Å². The molecule has 0 spiro atoms. The van der Waals surface area contributed by atoms with Crippen molar-refractivity contribution in [1.29, 1.82) is 0 Å². The van der Waals surface area contributed by atoms with Gasteiger partial charge in [-0.2, -0.15) is 0 Å². The van der Waals surface area contributed by atoms with Gasteiger partial charge in [0.25, 0.3) is 5.56 Å². The van der Waals surface area contributed by atoms with E-state index in [-0.39, 0.29) is 18.6 Å². The minimum atomic E-state index is -1.65. The molecule has 0 aliphatic carbocycles. The molecule has 4 rings (SSSR count). The van der Waals surface area contributed by atoms with E-state index in [2.05, 4.69) is 15.3 Å². The summed E-state index contributed by atoms with van der Waals surface area (Å²) in [5.41, 5.74) is 1.01. The molecule has 0 saturated heterocycles. The zero-order chi connectivity index (χ0) is 24.2. The Morgan fingerprint density at radius 1 is 1.12 bits per heavy atom. The Hall–Kier alpha value is -3.50. The number of hydrogen-bond acceptors (Lipinski definition) is 5. The number of anilines is 1. The second-order valence-electron chi connectivity index (χ2n) is 7.69. The van der Waals surface area contributed by atoms with Crippen LogP contribution >= 0.6 is 11.3 Å². The lowest BCUT2D eigenvalue weighted by atomic mass is 10.1. The predicted molar refractivity (Wildman–Crippen MR) is 126 cm³/mol. The summed E-state index contributed by atoms with van der Waals surface area (Å²) in [7, 11) is 0. The summed E-state index contributed by atoms with van der Waals surface area (Å²) < 4.78 is 40.4. The van der Waals surface area contributed by atoms with Crippen LogP contribution in [0.15, 0.2) is 52.6 Å². The van der Waals surface area contributed by atoms with Gasteiger partial charge in [0.1, 0.15) is 10.7 Å². The molecule has 1 amide bonds. The highest BCUT2D eigenvalue weighted by Gasteiger charge is 2.19. The van der Waals surface area contributed by atoms with E-state index in [1.807, 2.05) is 42.6 Å².